The Bertz CT molecular complexity index is 493. The Morgan fingerprint density at radius 2 is 1.95 bits per heavy atom. The number of nitrogens with one attached hydrogen (secondary N) is 1. The van der Waals surface area contributed by atoms with Crippen LogP contribution < -0.4 is 5.32 Å². The molecule has 1 aromatic heterocycles. The molecule has 1 aromatic rings. The van der Waals surface area contributed by atoms with Gasteiger partial charge in [0.15, 0.2) is 0 Å². The molecule has 110 valence electrons. The summed E-state index contributed by atoms with van der Waals surface area (Å²) in [5.74, 6) is 0.214. The van der Waals surface area contributed by atoms with Gasteiger partial charge in [-0.05, 0) is 37.8 Å². The molecule has 0 atom stereocenters. The van der Waals surface area contributed by atoms with Gasteiger partial charge in [-0.1, -0.05) is 44.7 Å². The van der Waals surface area contributed by atoms with Gasteiger partial charge in [-0.3, -0.25) is 4.79 Å². The lowest BCUT2D eigenvalue weighted by Crippen LogP contribution is -2.47. The molecule has 0 aromatic carbocycles. The van der Waals surface area contributed by atoms with Crippen LogP contribution in [0.4, 0.5) is 0 Å². The number of halogens is 1. The summed E-state index contributed by atoms with van der Waals surface area (Å²) in [5, 5.41) is 3.56. The van der Waals surface area contributed by atoms with Gasteiger partial charge in [-0.15, -0.1) is 0 Å². The molecule has 1 aliphatic carbocycles. The lowest BCUT2D eigenvalue weighted by molar-refractivity contribution is 0.0882. The Hall–Kier alpha value is -1.09. The van der Waals surface area contributed by atoms with Crippen molar-refractivity contribution >= 4 is 17.5 Å². The third kappa shape index (κ3) is 3.72. The quantitative estimate of drug-likeness (QED) is 0.844. The lowest BCUT2D eigenvalue weighted by atomic mass is 9.83. The molecule has 0 bridgehead atoms. The van der Waals surface area contributed by atoms with Crippen molar-refractivity contribution < 1.29 is 4.79 Å². The van der Waals surface area contributed by atoms with E-state index >= 15 is 0 Å². The number of nitrogens with zero attached hydrogens (tertiary/aromatic N) is 1. The standard InChI is InChI=1S/C16H23ClN2O/c1-11(2)13-9-12(10-14(17)18-13)15(20)19-16(3)7-5-4-6-8-16/h9-11H,4-8H2,1-3H3,(H,19,20). The molecule has 1 N–H and O–H groups in total. The molecule has 4 heteroatoms. The molecule has 1 fully saturated rings. The summed E-state index contributed by atoms with van der Waals surface area (Å²) in [6.45, 7) is 6.22. The molecule has 1 saturated carbocycles. The normalized spacial score (nSPS) is 18.1. The number of hydrogen-bond acceptors (Lipinski definition) is 2. The van der Waals surface area contributed by atoms with Crippen LogP contribution in [0.3, 0.4) is 0 Å². The molecule has 0 unspecified atom stereocenters. The fourth-order valence-electron chi connectivity index (χ4n) is 2.75. The third-order valence-electron chi connectivity index (χ3n) is 4.04. The number of rotatable bonds is 3. The number of pyridine rings is 1. The largest absolute Gasteiger partial charge is 0.347 e. The predicted octanol–water partition coefficient (Wildman–Crippen LogP) is 4.31. The van der Waals surface area contributed by atoms with Gasteiger partial charge in [-0.25, -0.2) is 4.98 Å². The molecule has 0 spiro atoms. The summed E-state index contributed by atoms with van der Waals surface area (Å²) >= 11 is 6.02. The Morgan fingerprint density at radius 3 is 2.55 bits per heavy atom. The van der Waals surface area contributed by atoms with Crippen LogP contribution in [-0.4, -0.2) is 16.4 Å². The topological polar surface area (TPSA) is 42.0 Å². The molecule has 1 heterocycles. The first-order valence-electron chi connectivity index (χ1n) is 7.40. The third-order valence-corrected chi connectivity index (χ3v) is 4.23. The minimum Gasteiger partial charge on any atom is -0.347 e. The van der Waals surface area contributed by atoms with Gasteiger partial charge >= 0.3 is 0 Å². The highest BCUT2D eigenvalue weighted by atomic mass is 35.5. The Labute approximate surface area is 126 Å². The van der Waals surface area contributed by atoms with Gasteiger partial charge in [0.25, 0.3) is 5.91 Å². The van der Waals surface area contributed by atoms with Crippen LogP contribution in [0.5, 0.6) is 0 Å². The molecule has 1 amide bonds. The van der Waals surface area contributed by atoms with E-state index in [2.05, 4.69) is 17.2 Å². The first-order valence-corrected chi connectivity index (χ1v) is 7.77. The fraction of sp³-hybridized carbons (Fsp3) is 0.625. The second-order valence-corrected chi connectivity index (χ2v) is 6.72. The van der Waals surface area contributed by atoms with Crippen molar-refractivity contribution in [2.24, 2.45) is 0 Å². The van der Waals surface area contributed by atoms with Crippen LogP contribution in [0.25, 0.3) is 0 Å². The summed E-state index contributed by atoms with van der Waals surface area (Å²) in [4.78, 5) is 16.7. The minimum absolute atomic E-state index is 0.0411. The van der Waals surface area contributed by atoms with Gasteiger partial charge in [0, 0.05) is 16.8 Å². The van der Waals surface area contributed by atoms with E-state index in [1.807, 2.05) is 19.9 Å². The molecule has 0 saturated heterocycles. The molecule has 3 nitrogen and oxygen atoms in total. The van der Waals surface area contributed by atoms with E-state index in [1.54, 1.807) is 6.07 Å². The first kappa shape index (κ1) is 15.3. The van der Waals surface area contributed by atoms with Gasteiger partial charge in [0.2, 0.25) is 0 Å². The van der Waals surface area contributed by atoms with Crippen molar-refractivity contribution in [3.05, 3.63) is 28.5 Å². The Kier molecular flexibility index (Phi) is 4.69. The second-order valence-electron chi connectivity index (χ2n) is 6.33. The number of aromatic nitrogens is 1. The molecule has 0 radical (unpaired) electrons. The van der Waals surface area contributed by atoms with Crippen LogP contribution in [0, 0.1) is 0 Å². The number of amides is 1. The zero-order chi connectivity index (χ0) is 14.8. The molecule has 1 aliphatic rings. The monoisotopic (exact) mass is 294 g/mol. The van der Waals surface area contributed by atoms with Crippen LogP contribution in [0.2, 0.25) is 5.15 Å². The number of hydrogen-bond donors (Lipinski definition) is 1. The van der Waals surface area contributed by atoms with Crippen molar-refractivity contribution in [1.82, 2.24) is 10.3 Å². The van der Waals surface area contributed by atoms with E-state index in [1.165, 1.54) is 19.3 Å². The highest BCUT2D eigenvalue weighted by molar-refractivity contribution is 6.29. The van der Waals surface area contributed by atoms with E-state index in [-0.39, 0.29) is 17.4 Å². The van der Waals surface area contributed by atoms with Gasteiger partial charge in [0.05, 0.1) is 0 Å². The SMILES string of the molecule is CC(C)c1cc(C(=O)NC2(C)CCCCC2)cc(Cl)n1. The van der Waals surface area contributed by atoms with E-state index in [4.69, 9.17) is 11.6 Å². The maximum absolute atomic E-state index is 12.4. The lowest BCUT2D eigenvalue weighted by Gasteiger charge is -2.34. The van der Waals surface area contributed by atoms with E-state index < -0.39 is 0 Å². The van der Waals surface area contributed by atoms with Gasteiger partial charge < -0.3 is 5.32 Å². The Morgan fingerprint density at radius 1 is 1.30 bits per heavy atom. The van der Waals surface area contributed by atoms with E-state index in [0.717, 1.165) is 18.5 Å². The highest BCUT2D eigenvalue weighted by Gasteiger charge is 2.28. The molecule has 20 heavy (non-hydrogen) atoms. The summed E-state index contributed by atoms with van der Waals surface area (Å²) < 4.78 is 0. The van der Waals surface area contributed by atoms with E-state index in [9.17, 15) is 4.79 Å². The summed E-state index contributed by atoms with van der Waals surface area (Å²) in [5.41, 5.74) is 1.39. The summed E-state index contributed by atoms with van der Waals surface area (Å²) in [6, 6.07) is 3.49. The molecule has 2 rings (SSSR count). The first-order chi connectivity index (χ1) is 9.39. The van der Waals surface area contributed by atoms with Gasteiger partial charge in [-0.2, -0.15) is 0 Å². The number of carbonyl (C=O) groups is 1. The van der Waals surface area contributed by atoms with Crippen LogP contribution >= 0.6 is 11.6 Å². The van der Waals surface area contributed by atoms with Crippen LogP contribution in [0.15, 0.2) is 12.1 Å². The second kappa shape index (κ2) is 6.13. The van der Waals surface area contributed by atoms with Crippen LogP contribution in [-0.2, 0) is 0 Å². The Balaban J connectivity index is 2.16. The summed E-state index contributed by atoms with van der Waals surface area (Å²) in [7, 11) is 0. The van der Waals surface area contributed by atoms with E-state index in [0.29, 0.717) is 10.7 Å². The minimum atomic E-state index is -0.0803. The highest BCUT2D eigenvalue weighted by Crippen LogP contribution is 2.28. The fourth-order valence-corrected chi connectivity index (χ4v) is 2.96. The predicted molar refractivity (Wildman–Crippen MR) is 82.3 cm³/mol. The number of carbonyl (C=O) groups excluding carboxylic acids is 1. The smallest absolute Gasteiger partial charge is 0.251 e. The van der Waals surface area contributed by atoms with Gasteiger partial charge in [0.1, 0.15) is 5.15 Å². The van der Waals surface area contributed by atoms with Crippen molar-refractivity contribution in [3.63, 3.8) is 0 Å². The van der Waals surface area contributed by atoms with Crippen molar-refractivity contribution in [1.29, 1.82) is 0 Å². The van der Waals surface area contributed by atoms with Crippen molar-refractivity contribution in [2.45, 2.75) is 64.3 Å². The average molecular weight is 295 g/mol. The maximum Gasteiger partial charge on any atom is 0.251 e. The average Bonchev–Trinajstić information content (AvgIpc) is 2.38. The molecular weight excluding hydrogens is 272 g/mol. The maximum atomic E-state index is 12.4. The molecule has 0 aliphatic heterocycles. The van der Waals surface area contributed by atoms with Crippen molar-refractivity contribution in [2.75, 3.05) is 0 Å². The molecular formula is C16H23ClN2O. The zero-order valence-corrected chi connectivity index (χ0v) is 13.3. The van der Waals surface area contributed by atoms with Crippen molar-refractivity contribution in [3.8, 4) is 0 Å². The zero-order valence-electron chi connectivity index (χ0n) is 12.5. The summed E-state index contributed by atoms with van der Waals surface area (Å²) in [6.07, 6.45) is 5.74. The van der Waals surface area contributed by atoms with Crippen LogP contribution in [0.1, 0.15) is 74.8 Å².